The van der Waals surface area contributed by atoms with Crippen LogP contribution < -0.4 is 10.9 Å². The van der Waals surface area contributed by atoms with E-state index < -0.39 is 0 Å². The van der Waals surface area contributed by atoms with Crippen LogP contribution in [0.25, 0.3) is 0 Å². The highest BCUT2D eigenvalue weighted by atomic mass is 16.1. The monoisotopic (exact) mass is 189 g/mol. The molecule has 5 heteroatoms. The average molecular weight is 189 g/mol. The Balaban J connectivity index is 2.00. The minimum atomic E-state index is -0.178. The normalized spacial score (nSPS) is 18.0. The smallest absolute Gasteiger partial charge is 0.279 e. The van der Waals surface area contributed by atoms with Gasteiger partial charge in [-0.2, -0.15) is 0 Å². The first-order chi connectivity index (χ1) is 6.83. The van der Waals surface area contributed by atoms with E-state index >= 15 is 0 Å². The lowest BCUT2D eigenvalue weighted by molar-refractivity contribution is 0.763. The Bertz CT molecular complexity index is 458. The number of nitrogens with one attached hydrogen (secondary N) is 1. The molecule has 71 valence electrons. The first kappa shape index (κ1) is 7.73. The second-order valence-corrected chi connectivity index (χ2v) is 3.71. The van der Waals surface area contributed by atoms with Gasteiger partial charge in [-0.25, -0.2) is 15.3 Å². The van der Waals surface area contributed by atoms with E-state index in [0.29, 0.717) is 17.4 Å². The van der Waals surface area contributed by atoms with Crippen molar-refractivity contribution in [3.63, 3.8) is 0 Å². The summed E-state index contributed by atoms with van der Waals surface area (Å²) in [5.74, 6) is 1.91. The van der Waals surface area contributed by atoms with Crippen LogP contribution in [0.5, 0.6) is 0 Å². The number of aliphatic imine (C=N–C) groups is 1. The van der Waals surface area contributed by atoms with Crippen molar-refractivity contribution in [2.75, 3.05) is 0 Å². The number of nitrogens with zero attached hydrogens (tertiary/aromatic N) is 3. The number of aromatic amines is 1. The predicted octanol–water partition coefficient (Wildman–Crippen LogP) is 0.632. The molecule has 1 aromatic heterocycles. The molecule has 0 spiro atoms. The van der Waals surface area contributed by atoms with Crippen molar-refractivity contribution < 1.29 is 0 Å². The van der Waals surface area contributed by atoms with Crippen LogP contribution in [0.1, 0.15) is 18.7 Å². The maximum Gasteiger partial charge on any atom is 0.279 e. The van der Waals surface area contributed by atoms with E-state index in [4.69, 9.17) is 0 Å². The van der Waals surface area contributed by atoms with Crippen molar-refractivity contribution in [2.24, 2.45) is 10.9 Å². The fourth-order valence-electron chi connectivity index (χ4n) is 1.54. The molecule has 1 N–H and O–H groups in total. The molecule has 1 saturated carbocycles. The second-order valence-electron chi connectivity index (χ2n) is 3.71. The summed E-state index contributed by atoms with van der Waals surface area (Å²) in [6, 6.07) is 0. The number of fused-ring (bicyclic) bond motifs is 1. The minimum absolute atomic E-state index is 0.178. The van der Waals surface area contributed by atoms with Gasteiger partial charge in [-0.15, -0.1) is 0 Å². The molecular weight excluding hydrogens is 180 g/mol. The van der Waals surface area contributed by atoms with E-state index in [1.54, 1.807) is 0 Å². The molecule has 1 aromatic rings. The zero-order chi connectivity index (χ0) is 9.54. The van der Waals surface area contributed by atoms with Crippen molar-refractivity contribution in [2.45, 2.75) is 19.3 Å². The standard InChI is InChI=1S/C9H9N4O/c14-9-7-8(11-4-10-7)12-6(13-9)3-5-1-2-5/h4-5H,1-3H2,(H,12,13,14). The van der Waals surface area contributed by atoms with Gasteiger partial charge in [0.1, 0.15) is 12.2 Å². The Morgan fingerprint density at radius 1 is 1.50 bits per heavy atom. The highest BCUT2D eigenvalue weighted by molar-refractivity contribution is 5.78. The third-order valence-electron chi connectivity index (χ3n) is 2.47. The van der Waals surface area contributed by atoms with Crippen LogP contribution in [0, 0.1) is 5.92 Å². The Labute approximate surface area is 80.3 Å². The lowest BCUT2D eigenvalue weighted by Crippen LogP contribution is -2.12. The van der Waals surface area contributed by atoms with Crippen LogP contribution in [-0.4, -0.2) is 16.3 Å². The molecule has 1 fully saturated rings. The van der Waals surface area contributed by atoms with Crippen LogP contribution in [0.3, 0.4) is 0 Å². The van der Waals surface area contributed by atoms with Crippen LogP contribution in [-0.2, 0) is 6.42 Å². The molecule has 1 radical (unpaired) electrons. The maximum atomic E-state index is 11.5. The van der Waals surface area contributed by atoms with Crippen molar-refractivity contribution in [3.8, 4) is 0 Å². The molecule has 5 nitrogen and oxygen atoms in total. The molecule has 0 amide bonds. The summed E-state index contributed by atoms with van der Waals surface area (Å²) in [5.41, 5.74) is 0.160. The number of hydrogen-bond donors (Lipinski definition) is 1. The van der Waals surface area contributed by atoms with Crippen LogP contribution >= 0.6 is 0 Å². The minimum Gasteiger partial charge on any atom is -0.309 e. The van der Waals surface area contributed by atoms with Crippen LogP contribution in [0.15, 0.2) is 9.79 Å². The molecule has 1 aliphatic carbocycles. The third kappa shape index (κ3) is 1.21. The maximum absolute atomic E-state index is 11.5. The first-order valence-corrected chi connectivity index (χ1v) is 4.69. The van der Waals surface area contributed by atoms with Crippen molar-refractivity contribution in [3.05, 3.63) is 16.2 Å². The van der Waals surface area contributed by atoms with Crippen molar-refractivity contribution >= 4 is 17.8 Å². The van der Waals surface area contributed by atoms with Crippen molar-refractivity contribution in [1.29, 1.82) is 0 Å². The summed E-state index contributed by atoms with van der Waals surface area (Å²) in [6.07, 6.45) is 4.72. The molecule has 0 bridgehead atoms. The quantitative estimate of drug-likeness (QED) is 0.741. The lowest BCUT2D eigenvalue weighted by Gasteiger charge is -2.00. The van der Waals surface area contributed by atoms with E-state index in [1.165, 1.54) is 19.2 Å². The molecule has 0 atom stereocenters. The summed E-state index contributed by atoms with van der Waals surface area (Å²) in [7, 11) is 0. The lowest BCUT2D eigenvalue weighted by atomic mass is 10.3. The molecule has 0 saturated heterocycles. The molecule has 0 unspecified atom stereocenters. The summed E-state index contributed by atoms with van der Waals surface area (Å²) >= 11 is 0. The van der Waals surface area contributed by atoms with Gasteiger partial charge in [0.2, 0.25) is 0 Å². The molecular formula is C9H9N4O. The number of H-pyrrole nitrogens is 1. The highest BCUT2D eigenvalue weighted by Crippen LogP contribution is 2.32. The number of aromatic nitrogens is 2. The van der Waals surface area contributed by atoms with E-state index in [0.717, 1.165) is 12.2 Å². The number of hydrogen-bond acceptors (Lipinski definition) is 3. The molecule has 2 aliphatic rings. The van der Waals surface area contributed by atoms with Crippen LogP contribution in [0.4, 0.5) is 11.5 Å². The first-order valence-electron chi connectivity index (χ1n) is 4.69. The molecule has 0 aromatic carbocycles. The Morgan fingerprint density at radius 2 is 2.36 bits per heavy atom. The molecule has 14 heavy (non-hydrogen) atoms. The van der Waals surface area contributed by atoms with Crippen LogP contribution in [0.2, 0.25) is 0 Å². The van der Waals surface area contributed by atoms with E-state index in [9.17, 15) is 4.79 Å². The fraction of sp³-hybridized carbons (Fsp3) is 0.444. The largest absolute Gasteiger partial charge is 0.309 e. The molecule has 1 aliphatic heterocycles. The SMILES string of the molecule is O=c1[nH]c(CC2CC2)nc2c1N=C[N]2. The molecule has 2 heterocycles. The summed E-state index contributed by atoms with van der Waals surface area (Å²) in [4.78, 5) is 22.3. The van der Waals surface area contributed by atoms with Gasteiger partial charge >= 0.3 is 0 Å². The van der Waals surface area contributed by atoms with Gasteiger partial charge in [-0.3, -0.25) is 4.79 Å². The van der Waals surface area contributed by atoms with Gasteiger partial charge < -0.3 is 4.98 Å². The number of rotatable bonds is 2. The Hall–Kier alpha value is -1.65. The average Bonchev–Trinajstić information content (AvgIpc) is 2.82. The van der Waals surface area contributed by atoms with Gasteiger partial charge in [-0.05, 0) is 18.8 Å². The van der Waals surface area contributed by atoms with Crippen molar-refractivity contribution in [1.82, 2.24) is 15.3 Å². The second kappa shape index (κ2) is 2.67. The van der Waals surface area contributed by atoms with Gasteiger partial charge in [0, 0.05) is 6.42 Å². The van der Waals surface area contributed by atoms with E-state index in [1.807, 2.05) is 0 Å². The van der Waals surface area contributed by atoms with Gasteiger partial charge in [0.15, 0.2) is 11.5 Å². The zero-order valence-corrected chi connectivity index (χ0v) is 7.53. The topological polar surface area (TPSA) is 72.2 Å². The predicted molar refractivity (Wildman–Crippen MR) is 51.2 cm³/mol. The summed E-state index contributed by atoms with van der Waals surface area (Å²) in [5, 5.41) is 3.93. The van der Waals surface area contributed by atoms with Gasteiger partial charge in [0.05, 0.1) is 0 Å². The van der Waals surface area contributed by atoms with E-state index in [-0.39, 0.29) is 5.56 Å². The fourth-order valence-corrected chi connectivity index (χ4v) is 1.54. The van der Waals surface area contributed by atoms with E-state index in [2.05, 4.69) is 20.3 Å². The Kier molecular flexibility index (Phi) is 1.47. The highest BCUT2D eigenvalue weighted by Gasteiger charge is 2.24. The summed E-state index contributed by atoms with van der Waals surface area (Å²) in [6.45, 7) is 0. The van der Waals surface area contributed by atoms with Gasteiger partial charge in [-0.1, -0.05) is 0 Å². The summed E-state index contributed by atoms with van der Waals surface area (Å²) < 4.78 is 0. The molecule has 3 rings (SSSR count). The zero-order valence-electron chi connectivity index (χ0n) is 7.53. The van der Waals surface area contributed by atoms with Gasteiger partial charge in [0.25, 0.3) is 5.56 Å². The Morgan fingerprint density at radius 3 is 3.14 bits per heavy atom. The third-order valence-corrected chi connectivity index (χ3v) is 2.47.